The molecule has 3 rings (SSSR count). The summed E-state index contributed by atoms with van der Waals surface area (Å²) in [6, 6.07) is 0. The van der Waals surface area contributed by atoms with Crippen molar-refractivity contribution >= 4 is 0 Å². The van der Waals surface area contributed by atoms with E-state index >= 15 is 0 Å². The Bertz CT molecular complexity index is 343. The molecule has 0 saturated heterocycles. The maximum Gasteiger partial charge on any atom is 0.0755 e. The molecule has 3 aliphatic carbocycles. The van der Waals surface area contributed by atoms with Crippen LogP contribution >= 0.6 is 0 Å². The Labute approximate surface area is 98.9 Å². The first-order valence-electron chi connectivity index (χ1n) is 6.76. The van der Waals surface area contributed by atoms with Crippen LogP contribution in [0.2, 0.25) is 0 Å². The van der Waals surface area contributed by atoms with Gasteiger partial charge >= 0.3 is 0 Å². The fourth-order valence-electron chi connectivity index (χ4n) is 5.44. The van der Waals surface area contributed by atoms with Gasteiger partial charge in [-0.05, 0) is 59.8 Å². The van der Waals surface area contributed by atoms with Gasteiger partial charge in [0.15, 0.2) is 0 Å². The second kappa shape index (κ2) is 2.93. The van der Waals surface area contributed by atoms with Gasteiger partial charge < -0.3 is 5.11 Å². The highest BCUT2D eigenvalue weighted by atomic mass is 16.3. The van der Waals surface area contributed by atoms with Gasteiger partial charge in [0.05, 0.1) is 6.10 Å². The first kappa shape index (κ1) is 10.8. The Hall–Kier alpha value is -0.300. The summed E-state index contributed by atoms with van der Waals surface area (Å²) in [7, 11) is 0. The average Bonchev–Trinajstić information content (AvgIpc) is 2.59. The lowest BCUT2D eigenvalue weighted by Crippen LogP contribution is -2.36. The fraction of sp³-hybridized carbons (Fsp3) is 0.867. The Balaban J connectivity index is 2.10. The van der Waals surface area contributed by atoms with Crippen LogP contribution in [0.1, 0.15) is 46.5 Å². The second-order valence-corrected chi connectivity index (χ2v) is 7.14. The lowest BCUT2D eigenvalue weighted by Gasteiger charge is -2.40. The van der Waals surface area contributed by atoms with Crippen LogP contribution in [0.25, 0.3) is 0 Å². The molecule has 0 amide bonds. The van der Waals surface area contributed by atoms with E-state index in [9.17, 15) is 5.11 Å². The van der Waals surface area contributed by atoms with E-state index in [2.05, 4.69) is 27.4 Å². The first-order valence-corrected chi connectivity index (χ1v) is 6.76. The smallest absolute Gasteiger partial charge is 0.0755 e. The van der Waals surface area contributed by atoms with Crippen molar-refractivity contribution < 1.29 is 5.11 Å². The third-order valence-corrected chi connectivity index (χ3v) is 6.39. The van der Waals surface area contributed by atoms with Crippen molar-refractivity contribution in [2.45, 2.75) is 52.6 Å². The molecule has 2 bridgehead atoms. The molecular weight excluding hydrogens is 196 g/mol. The zero-order valence-electron chi connectivity index (χ0n) is 10.8. The summed E-state index contributed by atoms with van der Waals surface area (Å²) in [5, 5.41) is 10.3. The summed E-state index contributed by atoms with van der Waals surface area (Å²) in [6.45, 7) is 11.4. The van der Waals surface area contributed by atoms with Gasteiger partial charge in [-0.25, -0.2) is 0 Å². The molecule has 16 heavy (non-hydrogen) atoms. The van der Waals surface area contributed by atoms with E-state index < -0.39 is 0 Å². The summed E-state index contributed by atoms with van der Waals surface area (Å²) < 4.78 is 0. The summed E-state index contributed by atoms with van der Waals surface area (Å²) in [6.07, 6.45) is 4.77. The van der Waals surface area contributed by atoms with Crippen LogP contribution in [0.3, 0.4) is 0 Å². The minimum atomic E-state index is -0.233. The first-order chi connectivity index (χ1) is 7.39. The van der Waals surface area contributed by atoms with E-state index in [0.717, 1.165) is 23.8 Å². The Morgan fingerprint density at radius 1 is 1.25 bits per heavy atom. The van der Waals surface area contributed by atoms with Crippen LogP contribution in [0.4, 0.5) is 0 Å². The number of rotatable bonds is 0. The Morgan fingerprint density at radius 2 is 1.94 bits per heavy atom. The highest BCUT2D eigenvalue weighted by Gasteiger charge is 2.65. The standard InChI is InChI=1S/C15H24O/c1-9-5-6-13-14(3,4)11-7-15(9,13)8-12(16)10(11)2/h9,11-13,16H,2,5-8H2,1,3-4H3/t9-,11+,12-,13+,15-/m1/s1. The normalized spacial score (nSPS) is 54.1. The van der Waals surface area contributed by atoms with E-state index in [1.807, 2.05) is 0 Å². The molecule has 0 aliphatic heterocycles. The van der Waals surface area contributed by atoms with Crippen LogP contribution in [0.5, 0.6) is 0 Å². The SMILES string of the molecule is C=C1[C@H](O)C[C@@]23C[C@@H]1C(C)(C)[C@@H]2CC[C@H]3C. The predicted octanol–water partition coefficient (Wildman–Crippen LogP) is 3.39. The molecule has 0 heterocycles. The van der Waals surface area contributed by atoms with Crippen LogP contribution in [0, 0.1) is 28.6 Å². The molecule has 1 spiro atoms. The molecule has 3 aliphatic rings. The summed E-state index contributed by atoms with van der Waals surface area (Å²) >= 11 is 0. The topological polar surface area (TPSA) is 20.2 Å². The number of aliphatic hydroxyl groups excluding tert-OH is 1. The van der Waals surface area contributed by atoms with Crippen molar-refractivity contribution in [1.29, 1.82) is 0 Å². The quantitative estimate of drug-likeness (QED) is 0.620. The van der Waals surface area contributed by atoms with Crippen molar-refractivity contribution in [2.24, 2.45) is 28.6 Å². The maximum atomic E-state index is 10.3. The molecular formula is C15H24O. The number of aliphatic hydroxyl groups is 1. The molecule has 0 aromatic rings. The third kappa shape index (κ3) is 1.01. The summed E-state index contributed by atoms with van der Waals surface area (Å²) in [5.41, 5.74) is 1.92. The van der Waals surface area contributed by atoms with Gasteiger partial charge in [-0.1, -0.05) is 27.4 Å². The monoisotopic (exact) mass is 220 g/mol. The number of hydrogen-bond acceptors (Lipinski definition) is 1. The molecule has 1 nitrogen and oxygen atoms in total. The minimum absolute atomic E-state index is 0.233. The highest BCUT2D eigenvalue weighted by molar-refractivity contribution is 5.26. The van der Waals surface area contributed by atoms with Crippen molar-refractivity contribution in [2.75, 3.05) is 0 Å². The largest absolute Gasteiger partial charge is 0.389 e. The van der Waals surface area contributed by atoms with Crippen LogP contribution in [-0.2, 0) is 0 Å². The van der Waals surface area contributed by atoms with Crippen molar-refractivity contribution in [3.05, 3.63) is 12.2 Å². The van der Waals surface area contributed by atoms with Crippen LogP contribution in [-0.4, -0.2) is 11.2 Å². The van der Waals surface area contributed by atoms with Gasteiger partial charge in [-0.3, -0.25) is 0 Å². The predicted molar refractivity (Wildman–Crippen MR) is 66.0 cm³/mol. The van der Waals surface area contributed by atoms with Gasteiger partial charge in [0, 0.05) is 0 Å². The maximum absolute atomic E-state index is 10.3. The van der Waals surface area contributed by atoms with E-state index in [-0.39, 0.29) is 6.10 Å². The summed E-state index contributed by atoms with van der Waals surface area (Å²) in [4.78, 5) is 0. The number of fused-ring (bicyclic) bond motifs is 1. The number of hydrogen-bond donors (Lipinski definition) is 1. The van der Waals surface area contributed by atoms with Gasteiger partial charge in [0.25, 0.3) is 0 Å². The molecule has 1 N–H and O–H groups in total. The van der Waals surface area contributed by atoms with E-state index in [4.69, 9.17) is 0 Å². The summed E-state index contributed by atoms with van der Waals surface area (Å²) in [5.74, 6) is 2.17. The van der Waals surface area contributed by atoms with E-state index in [0.29, 0.717) is 16.7 Å². The van der Waals surface area contributed by atoms with E-state index in [1.54, 1.807) is 0 Å². The van der Waals surface area contributed by atoms with Gasteiger partial charge in [0.2, 0.25) is 0 Å². The molecule has 0 aromatic heterocycles. The Kier molecular flexibility index (Phi) is 1.98. The van der Waals surface area contributed by atoms with Gasteiger partial charge in [-0.15, -0.1) is 0 Å². The zero-order chi connectivity index (χ0) is 11.7. The van der Waals surface area contributed by atoms with E-state index in [1.165, 1.54) is 19.3 Å². The lowest BCUT2D eigenvalue weighted by molar-refractivity contribution is 0.0530. The molecule has 1 heteroatoms. The lowest BCUT2D eigenvalue weighted by atomic mass is 9.66. The van der Waals surface area contributed by atoms with Crippen molar-refractivity contribution in [3.8, 4) is 0 Å². The molecule has 3 saturated carbocycles. The molecule has 5 atom stereocenters. The average molecular weight is 220 g/mol. The molecule has 0 radical (unpaired) electrons. The van der Waals surface area contributed by atoms with Crippen LogP contribution in [0.15, 0.2) is 12.2 Å². The van der Waals surface area contributed by atoms with Gasteiger partial charge in [0.1, 0.15) is 0 Å². The Morgan fingerprint density at radius 3 is 2.62 bits per heavy atom. The highest BCUT2D eigenvalue weighted by Crippen LogP contribution is 2.72. The third-order valence-electron chi connectivity index (χ3n) is 6.39. The molecule has 0 aromatic carbocycles. The molecule has 3 fully saturated rings. The van der Waals surface area contributed by atoms with Crippen LogP contribution < -0.4 is 0 Å². The second-order valence-electron chi connectivity index (χ2n) is 7.14. The fourth-order valence-corrected chi connectivity index (χ4v) is 5.44. The van der Waals surface area contributed by atoms with Crippen molar-refractivity contribution in [1.82, 2.24) is 0 Å². The van der Waals surface area contributed by atoms with Gasteiger partial charge in [-0.2, -0.15) is 0 Å². The zero-order valence-corrected chi connectivity index (χ0v) is 10.8. The van der Waals surface area contributed by atoms with Crippen molar-refractivity contribution in [3.63, 3.8) is 0 Å². The molecule has 90 valence electrons. The molecule has 0 unspecified atom stereocenters. The minimum Gasteiger partial charge on any atom is -0.389 e.